The number of hydrogen-bond donors (Lipinski definition) is 3. The fraction of sp³-hybridized carbons (Fsp3) is 0.564. The number of para-hydroxylation sites is 1. The molecule has 3 fully saturated rings. The van der Waals surface area contributed by atoms with Gasteiger partial charge in [-0.3, -0.25) is 14.4 Å². The molecule has 3 aliphatic carbocycles. The van der Waals surface area contributed by atoms with Crippen LogP contribution in [0, 0.1) is 29.1 Å². The van der Waals surface area contributed by atoms with E-state index < -0.39 is 59.2 Å². The van der Waals surface area contributed by atoms with E-state index in [0.717, 1.165) is 44.1 Å². The van der Waals surface area contributed by atoms with Crippen LogP contribution in [-0.2, 0) is 40.0 Å². The predicted molar refractivity (Wildman–Crippen MR) is 182 cm³/mol. The van der Waals surface area contributed by atoms with Crippen LogP contribution in [0.1, 0.15) is 96.0 Å². The van der Waals surface area contributed by atoms with E-state index in [2.05, 4.69) is 5.32 Å². The second-order valence-corrected chi connectivity index (χ2v) is 14.1. The summed E-state index contributed by atoms with van der Waals surface area (Å²) in [5.41, 5.74) is -0.592. The first kappa shape index (κ1) is 36.9. The lowest BCUT2D eigenvalue weighted by Gasteiger charge is -2.51. The van der Waals surface area contributed by atoms with Gasteiger partial charge in [0.1, 0.15) is 11.5 Å². The van der Waals surface area contributed by atoms with Crippen LogP contribution >= 0.6 is 0 Å². The standard InChI is InChI=1S/C39H49NO10/c1-2-22-39(38(47)40-24-25-18-20-29(21-19-25)48-28-16-10-5-11-17-28)23-30(36(45)49-32(34(41)42)26-12-6-3-7-13-26)31(39)37(46)50-33(35(43)44)27-14-8-4-9-15-27/h5,10-11,16-21,26-27,30-33H,2-4,6-9,12-15,22-24H2,1H3,(H,40,47)(H,41,42)(H,43,44). The summed E-state index contributed by atoms with van der Waals surface area (Å²) in [5, 5.41) is 23.0. The van der Waals surface area contributed by atoms with Crippen LogP contribution in [0.25, 0.3) is 0 Å². The number of rotatable bonds is 15. The summed E-state index contributed by atoms with van der Waals surface area (Å²) in [6.07, 6.45) is 5.61. The Morgan fingerprint density at radius 2 is 1.26 bits per heavy atom. The molecule has 3 N–H and O–H groups in total. The van der Waals surface area contributed by atoms with Crippen molar-refractivity contribution in [2.24, 2.45) is 29.1 Å². The third kappa shape index (κ3) is 8.65. The first-order valence-corrected chi connectivity index (χ1v) is 18.1. The Morgan fingerprint density at radius 3 is 1.78 bits per heavy atom. The zero-order chi connectivity index (χ0) is 35.7. The smallest absolute Gasteiger partial charge is 0.345 e. The SMILES string of the molecule is CCCC1(C(=O)NCc2ccc(Oc3ccccc3)cc2)CC(C(=O)OC(C(=O)O)C2CCCCC2)C1C(=O)OC(C(=O)O)C1CCCCC1. The number of ether oxygens (including phenoxy) is 3. The topological polar surface area (TPSA) is 166 Å². The fourth-order valence-corrected chi connectivity index (χ4v) is 8.16. The molecule has 1 amide bonds. The van der Waals surface area contributed by atoms with Gasteiger partial charge in [0.15, 0.2) is 0 Å². The second-order valence-electron chi connectivity index (χ2n) is 14.1. The third-order valence-corrected chi connectivity index (χ3v) is 10.8. The van der Waals surface area contributed by atoms with Crippen LogP contribution in [0.5, 0.6) is 11.5 Å². The van der Waals surface area contributed by atoms with Gasteiger partial charge in [0.2, 0.25) is 18.1 Å². The van der Waals surface area contributed by atoms with Crippen molar-refractivity contribution >= 4 is 29.8 Å². The molecule has 5 rings (SSSR count). The minimum absolute atomic E-state index is 0.0483. The van der Waals surface area contributed by atoms with Crippen LogP contribution in [0.3, 0.4) is 0 Å². The molecule has 11 nitrogen and oxygen atoms in total. The zero-order valence-electron chi connectivity index (χ0n) is 28.7. The predicted octanol–water partition coefficient (Wildman–Crippen LogP) is 6.67. The summed E-state index contributed by atoms with van der Waals surface area (Å²) >= 11 is 0. The fourth-order valence-electron chi connectivity index (χ4n) is 8.16. The van der Waals surface area contributed by atoms with Gasteiger partial charge in [-0.1, -0.05) is 82.2 Å². The number of amides is 1. The molecule has 2 aromatic rings. The average Bonchev–Trinajstić information content (AvgIpc) is 3.11. The summed E-state index contributed by atoms with van der Waals surface area (Å²) < 4.78 is 17.2. The third-order valence-electron chi connectivity index (χ3n) is 10.8. The summed E-state index contributed by atoms with van der Waals surface area (Å²) in [6, 6.07) is 16.5. The molecular formula is C39H49NO10. The number of aliphatic carboxylic acids is 2. The van der Waals surface area contributed by atoms with Crippen LogP contribution in [-0.4, -0.2) is 52.2 Å². The van der Waals surface area contributed by atoms with Crippen LogP contribution in [0.2, 0.25) is 0 Å². The largest absolute Gasteiger partial charge is 0.478 e. The van der Waals surface area contributed by atoms with Gasteiger partial charge >= 0.3 is 23.9 Å². The number of carboxylic acids is 2. The van der Waals surface area contributed by atoms with Crippen molar-refractivity contribution in [2.75, 3.05) is 0 Å². The van der Waals surface area contributed by atoms with Gasteiger partial charge in [0.05, 0.1) is 17.3 Å². The Hall–Kier alpha value is -4.41. The highest BCUT2D eigenvalue weighted by atomic mass is 16.6. The van der Waals surface area contributed by atoms with Crippen molar-refractivity contribution in [3.05, 3.63) is 60.2 Å². The molecule has 0 saturated heterocycles. The van der Waals surface area contributed by atoms with Crippen molar-refractivity contribution in [2.45, 2.75) is 109 Å². The molecule has 2 aromatic carbocycles. The minimum Gasteiger partial charge on any atom is -0.478 e. The maximum Gasteiger partial charge on any atom is 0.345 e. The molecule has 3 saturated carbocycles. The molecule has 270 valence electrons. The van der Waals surface area contributed by atoms with E-state index >= 15 is 0 Å². The molecule has 0 spiro atoms. The van der Waals surface area contributed by atoms with Gasteiger partial charge in [-0.05, 0) is 68.4 Å². The van der Waals surface area contributed by atoms with Crippen molar-refractivity contribution in [1.82, 2.24) is 5.32 Å². The highest BCUT2D eigenvalue weighted by Gasteiger charge is 2.65. The Morgan fingerprint density at radius 1 is 0.740 bits per heavy atom. The highest BCUT2D eigenvalue weighted by Crippen LogP contribution is 2.56. The van der Waals surface area contributed by atoms with Crippen molar-refractivity contribution in [3.8, 4) is 11.5 Å². The number of carbonyl (C=O) groups excluding carboxylic acids is 3. The van der Waals surface area contributed by atoms with Crippen LogP contribution in [0.15, 0.2) is 54.6 Å². The zero-order valence-corrected chi connectivity index (χ0v) is 28.7. The highest BCUT2D eigenvalue weighted by molar-refractivity contribution is 5.96. The normalized spacial score (nSPS) is 23.8. The Bertz CT molecular complexity index is 1480. The van der Waals surface area contributed by atoms with Gasteiger partial charge in [0.25, 0.3) is 0 Å². The average molecular weight is 692 g/mol. The maximum absolute atomic E-state index is 14.1. The number of carboxylic acid groups (broad SMARTS) is 2. The lowest BCUT2D eigenvalue weighted by Crippen LogP contribution is -2.63. The molecule has 0 aromatic heterocycles. The van der Waals surface area contributed by atoms with E-state index in [0.29, 0.717) is 43.6 Å². The summed E-state index contributed by atoms with van der Waals surface area (Å²) in [6.45, 7) is 2.00. The van der Waals surface area contributed by atoms with Gasteiger partial charge in [0, 0.05) is 18.4 Å². The van der Waals surface area contributed by atoms with E-state index in [-0.39, 0.29) is 31.2 Å². The molecule has 11 heteroatoms. The van der Waals surface area contributed by atoms with Crippen LogP contribution < -0.4 is 10.1 Å². The van der Waals surface area contributed by atoms with Gasteiger partial charge in [-0.2, -0.15) is 0 Å². The first-order valence-electron chi connectivity index (χ1n) is 18.1. The van der Waals surface area contributed by atoms with E-state index in [4.69, 9.17) is 14.2 Å². The Labute approximate surface area is 293 Å². The van der Waals surface area contributed by atoms with E-state index in [1.54, 1.807) is 12.1 Å². The Kier molecular flexibility index (Phi) is 12.5. The molecule has 50 heavy (non-hydrogen) atoms. The Balaban J connectivity index is 1.35. The molecule has 5 unspecified atom stereocenters. The van der Waals surface area contributed by atoms with Gasteiger partial charge < -0.3 is 29.7 Å². The number of hydrogen-bond acceptors (Lipinski definition) is 8. The molecule has 0 heterocycles. The van der Waals surface area contributed by atoms with Gasteiger partial charge in [-0.25, -0.2) is 9.59 Å². The lowest BCUT2D eigenvalue weighted by atomic mass is 9.51. The van der Waals surface area contributed by atoms with E-state index in [1.807, 2.05) is 49.4 Å². The molecule has 5 atom stereocenters. The second kappa shape index (κ2) is 17.0. The lowest BCUT2D eigenvalue weighted by molar-refractivity contribution is -0.200. The number of benzene rings is 2. The molecule has 0 radical (unpaired) electrons. The monoisotopic (exact) mass is 691 g/mol. The summed E-state index contributed by atoms with van der Waals surface area (Å²) in [4.78, 5) is 66.5. The quantitative estimate of drug-likeness (QED) is 0.172. The van der Waals surface area contributed by atoms with E-state index in [1.165, 1.54) is 0 Å². The first-order chi connectivity index (χ1) is 24.1. The van der Waals surface area contributed by atoms with Crippen molar-refractivity contribution < 1.29 is 48.4 Å². The number of nitrogens with one attached hydrogen (secondary N) is 1. The maximum atomic E-state index is 14.1. The van der Waals surface area contributed by atoms with Gasteiger partial charge in [-0.15, -0.1) is 0 Å². The van der Waals surface area contributed by atoms with Crippen LogP contribution in [0.4, 0.5) is 0 Å². The molecule has 0 bridgehead atoms. The summed E-state index contributed by atoms with van der Waals surface area (Å²) in [7, 11) is 0. The minimum atomic E-state index is -1.41. The number of carbonyl (C=O) groups is 5. The molecule has 0 aliphatic heterocycles. The number of esters is 2. The van der Waals surface area contributed by atoms with Crippen molar-refractivity contribution in [1.29, 1.82) is 0 Å². The molecular weight excluding hydrogens is 642 g/mol. The summed E-state index contributed by atoms with van der Waals surface area (Å²) in [5.74, 6) is -6.67. The van der Waals surface area contributed by atoms with E-state index in [9.17, 15) is 34.2 Å². The molecule has 3 aliphatic rings. The van der Waals surface area contributed by atoms with Crippen molar-refractivity contribution in [3.63, 3.8) is 0 Å².